The maximum atomic E-state index is 10.3. The number of hydrogen-bond donors (Lipinski definition) is 2. The van der Waals surface area contributed by atoms with Crippen molar-refractivity contribution in [2.24, 2.45) is 0 Å². The van der Waals surface area contributed by atoms with Gasteiger partial charge in [-0.25, -0.2) is 0 Å². The molecule has 1 aromatic carbocycles. The molecule has 1 amide bonds. The fourth-order valence-electron chi connectivity index (χ4n) is 0.997. The molecule has 0 heterocycles. The molecule has 1 aromatic rings. The average molecular weight is 223 g/mol. The van der Waals surface area contributed by atoms with Crippen LogP contribution in [0.4, 0.5) is 0 Å². The molecule has 0 aliphatic rings. The van der Waals surface area contributed by atoms with E-state index in [1.54, 1.807) is 7.05 Å². The number of carboxylic acid groups (broad SMARTS) is 1. The SMILES string of the molecule is CNC(C)=O.Cc1cccc(CC(=O)O)c1. The van der Waals surface area contributed by atoms with Crippen molar-refractivity contribution in [1.29, 1.82) is 0 Å². The predicted molar refractivity (Wildman–Crippen MR) is 62.3 cm³/mol. The molecule has 0 bridgehead atoms. The van der Waals surface area contributed by atoms with E-state index in [4.69, 9.17) is 5.11 Å². The molecule has 2 N–H and O–H groups in total. The normalized spacial score (nSPS) is 8.69. The van der Waals surface area contributed by atoms with Crippen molar-refractivity contribution >= 4 is 11.9 Å². The van der Waals surface area contributed by atoms with E-state index in [9.17, 15) is 9.59 Å². The largest absolute Gasteiger partial charge is 0.481 e. The van der Waals surface area contributed by atoms with Gasteiger partial charge in [0.15, 0.2) is 0 Å². The first kappa shape index (κ1) is 14.2. The molecule has 0 aliphatic heterocycles. The summed E-state index contributed by atoms with van der Waals surface area (Å²) in [7, 11) is 1.60. The average Bonchev–Trinajstić information content (AvgIpc) is 2.17. The summed E-state index contributed by atoms with van der Waals surface area (Å²) in [5.41, 5.74) is 1.96. The molecule has 4 heteroatoms. The lowest BCUT2D eigenvalue weighted by Gasteiger charge is -1.96. The highest BCUT2D eigenvalue weighted by Gasteiger charge is 1.98. The monoisotopic (exact) mass is 223 g/mol. The second-order valence-corrected chi connectivity index (χ2v) is 3.37. The lowest BCUT2D eigenvalue weighted by atomic mass is 10.1. The predicted octanol–water partition coefficient (Wildman–Crippen LogP) is 1.37. The first-order valence-electron chi connectivity index (χ1n) is 4.91. The van der Waals surface area contributed by atoms with Crippen molar-refractivity contribution in [1.82, 2.24) is 5.32 Å². The minimum atomic E-state index is -0.782. The molecule has 4 nitrogen and oxygen atoms in total. The number of nitrogens with one attached hydrogen (secondary N) is 1. The quantitative estimate of drug-likeness (QED) is 0.795. The van der Waals surface area contributed by atoms with Crippen LogP contribution in [0.2, 0.25) is 0 Å². The molecule has 1 rings (SSSR count). The van der Waals surface area contributed by atoms with Gasteiger partial charge in [-0.15, -0.1) is 0 Å². The smallest absolute Gasteiger partial charge is 0.307 e. The fraction of sp³-hybridized carbons (Fsp3) is 0.333. The summed E-state index contributed by atoms with van der Waals surface area (Å²) in [4.78, 5) is 20.0. The van der Waals surface area contributed by atoms with Crippen LogP contribution in [0.25, 0.3) is 0 Å². The Bertz CT molecular complexity index is 361. The molecule has 0 fully saturated rings. The van der Waals surface area contributed by atoms with Crippen LogP contribution in [-0.4, -0.2) is 24.0 Å². The highest BCUT2D eigenvalue weighted by Crippen LogP contribution is 2.03. The van der Waals surface area contributed by atoms with E-state index in [0.717, 1.165) is 11.1 Å². The third-order valence-electron chi connectivity index (χ3n) is 1.79. The van der Waals surface area contributed by atoms with Gasteiger partial charge in [-0.3, -0.25) is 9.59 Å². The maximum absolute atomic E-state index is 10.3. The van der Waals surface area contributed by atoms with E-state index >= 15 is 0 Å². The second-order valence-electron chi connectivity index (χ2n) is 3.37. The van der Waals surface area contributed by atoms with Gasteiger partial charge < -0.3 is 10.4 Å². The van der Waals surface area contributed by atoms with Crippen LogP contribution < -0.4 is 5.32 Å². The molecule has 88 valence electrons. The van der Waals surface area contributed by atoms with Crippen LogP contribution in [0, 0.1) is 6.92 Å². The number of carboxylic acids is 1. The zero-order chi connectivity index (χ0) is 12.6. The van der Waals surface area contributed by atoms with Gasteiger partial charge in [-0.2, -0.15) is 0 Å². The third-order valence-corrected chi connectivity index (χ3v) is 1.79. The highest BCUT2D eigenvalue weighted by atomic mass is 16.4. The molecular weight excluding hydrogens is 206 g/mol. The van der Waals surface area contributed by atoms with Crippen LogP contribution in [0.5, 0.6) is 0 Å². The second kappa shape index (κ2) is 7.45. The van der Waals surface area contributed by atoms with Crippen LogP contribution in [0.3, 0.4) is 0 Å². The fourth-order valence-corrected chi connectivity index (χ4v) is 0.997. The molecule has 0 spiro atoms. The highest BCUT2D eigenvalue weighted by molar-refractivity contribution is 5.72. The number of benzene rings is 1. The van der Waals surface area contributed by atoms with Crippen molar-refractivity contribution in [3.05, 3.63) is 35.4 Å². The van der Waals surface area contributed by atoms with E-state index in [1.165, 1.54) is 6.92 Å². The molecular formula is C12H17NO3. The lowest BCUT2D eigenvalue weighted by Crippen LogP contribution is -2.11. The molecule has 0 aromatic heterocycles. The number of hydrogen-bond acceptors (Lipinski definition) is 2. The Hall–Kier alpha value is -1.84. The van der Waals surface area contributed by atoms with E-state index in [1.807, 2.05) is 31.2 Å². The standard InChI is InChI=1S/C9H10O2.C3H7NO/c1-7-3-2-4-8(5-7)6-9(10)11;1-3(5)4-2/h2-5H,6H2,1H3,(H,10,11);1-2H3,(H,4,5). The van der Waals surface area contributed by atoms with Gasteiger partial charge in [-0.1, -0.05) is 29.8 Å². The van der Waals surface area contributed by atoms with Gasteiger partial charge >= 0.3 is 5.97 Å². The molecule has 16 heavy (non-hydrogen) atoms. The molecule has 0 saturated heterocycles. The lowest BCUT2D eigenvalue weighted by molar-refractivity contribution is -0.136. The topological polar surface area (TPSA) is 66.4 Å². The van der Waals surface area contributed by atoms with Crippen molar-refractivity contribution in [3.63, 3.8) is 0 Å². The van der Waals surface area contributed by atoms with Crippen LogP contribution in [0.1, 0.15) is 18.1 Å². The minimum absolute atomic E-state index is 0.00463. The third kappa shape index (κ3) is 7.55. The van der Waals surface area contributed by atoms with Crippen LogP contribution >= 0.6 is 0 Å². The summed E-state index contributed by atoms with van der Waals surface area (Å²) in [5, 5.41) is 10.8. The first-order chi connectivity index (χ1) is 7.45. The molecule has 0 atom stereocenters. The van der Waals surface area contributed by atoms with Gasteiger partial charge in [0.1, 0.15) is 0 Å². The number of carbonyl (C=O) groups excluding carboxylic acids is 1. The van der Waals surface area contributed by atoms with Gasteiger partial charge in [-0.05, 0) is 12.5 Å². The van der Waals surface area contributed by atoms with Gasteiger partial charge in [0.25, 0.3) is 0 Å². The van der Waals surface area contributed by atoms with Crippen molar-refractivity contribution in [2.45, 2.75) is 20.3 Å². The number of rotatable bonds is 2. The van der Waals surface area contributed by atoms with Crippen LogP contribution in [0.15, 0.2) is 24.3 Å². The molecule has 0 radical (unpaired) electrons. The van der Waals surface area contributed by atoms with Crippen molar-refractivity contribution in [2.75, 3.05) is 7.05 Å². The van der Waals surface area contributed by atoms with E-state index in [0.29, 0.717) is 0 Å². The van der Waals surface area contributed by atoms with Gasteiger partial charge in [0.2, 0.25) is 5.91 Å². The van der Waals surface area contributed by atoms with E-state index in [-0.39, 0.29) is 12.3 Å². The van der Waals surface area contributed by atoms with Gasteiger partial charge in [0.05, 0.1) is 6.42 Å². The Labute approximate surface area is 95.3 Å². The first-order valence-corrected chi connectivity index (χ1v) is 4.91. The summed E-state index contributed by atoms with van der Waals surface area (Å²) in [6.07, 6.45) is 0.113. The van der Waals surface area contributed by atoms with Gasteiger partial charge in [0, 0.05) is 14.0 Å². The summed E-state index contributed by atoms with van der Waals surface area (Å²) in [5.74, 6) is -0.777. The number of aryl methyl sites for hydroxylation is 1. The number of aliphatic carboxylic acids is 1. The Morgan fingerprint density at radius 3 is 2.31 bits per heavy atom. The van der Waals surface area contributed by atoms with Crippen LogP contribution in [-0.2, 0) is 16.0 Å². The van der Waals surface area contributed by atoms with Crippen molar-refractivity contribution in [3.8, 4) is 0 Å². The van der Waals surface area contributed by atoms with Crippen molar-refractivity contribution < 1.29 is 14.7 Å². The zero-order valence-corrected chi connectivity index (χ0v) is 9.78. The Morgan fingerprint density at radius 2 is 1.94 bits per heavy atom. The molecule has 0 saturated carbocycles. The Balaban J connectivity index is 0.000000385. The summed E-state index contributed by atoms with van der Waals surface area (Å²) in [6.45, 7) is 3.42. The summed E-state index contributed by atoms with van der Waals surface area (Å²) in [6, 6.07) is 7.52. The van der Waals surface area contributed by atoms with E-state index < -0.39 is 5.97 Å². The van der Waals surface area contributed by atoms with E-state index in [2.05, 4.69) is 5.32 Å². The Morgan fingerprint density at radius 1 is 1.38 bits per heavy atom. The Kier molecular flexibility index (Phi) is 6.59. The number of amides is 1. The minimum Gasteiger partial charge on any atom is -0.481 e. The number of carbonyl (C=O) groups is 2. The summed E-state index contributed by atoms with van der Waals surface area (Å²) >= 11 is 0. The summed E-state index contributed by atoms with van der Waals surface area (Å²) < 4.78 is 0. The zero-order valence-electron chi connectivity index (χ0n) is 9.78. The maximum Gasteiger partial charge on any atom is 0.307 e. The molecule has 0 unspecified atom stereocenters. The molecule has 0 aliphatic carbocycles.